The Kier molecular flexibility index (Phi) is 4.63. The lowest BCUT2D eigenvalue weighted by molar-refractivity contribution is 0.396. The number of benzene rings is 1. The van der Waals surface area contributed by atoms with Crippen molar-refractivity contribution in [3.05, 3.63) is 76.5 Å². The van der Waals surface area contributed by atoms with E-state index in [-0.39, 0.29) is 5.92 Å². The van der Waals surface area contributed by atoms with Crippen molar-refractivity contribution in [2.24, 2.45) is 0 Å². The van der Waals surface area contributed by atoms with Gasteiger partial charge >= 0.3 is 0 Å². The number of aromatic amines is 1. The van der Waals surface area contributed by atoms with Crippen molar-refractivity contribution in [1.82, 2.24) is 15.0 Å². The van der Waals surface area contributed by atoms with Crippen LogP contribution >= 0.6 is 11.6 Å². The lowest BCUT2D eigenvalue weighted by Crippen LogP contribution is -2.08. The van der Waals surface area contributed by atoms with Crippen LogP contribution in [0.3, 0.4) is 0 Å². The minimum Gasteiger partial charge on any atom is -0.481 e. The Balaban J connectivity index is 2.01. The zero-order valence-corrected chi connectivity index (χ0v) is 13.8. The molecular formula is C18H18ClN3O. The van der Waals surface area contributed by atoms with E-state index in [1.165, 1.54) is 0 Å². The summed E-state index contributed by atoms with van der Waals surface area (Å²) in [6.45, 7) is 2.01. The highest BCUT2D eigenvalue weighted by atomic mass is 35.5. The van der Waals surface area contributed by atoms with Crippen LogP contribution in [0, 0.1) is 6.92 Å². The predicted octanol–water partition coefficient (Wildman–Crippen LogP) is 4.15. The molecule has 0 bridgehead atoms. The Labute approximate surface area is 140 Å². The topological polar surface area (TPSA) is 50.8 Å². The molecule has 3 rings (SSSR count). The summed E-state index contributed by atoms with van der Waals surface area (Å²) in [6, 6.07) is 11.9. The maximum atomic E-state index is 6.55. The van der Waals surface area contributed by atoms with Crippen molar-refractivity contribution in [1.29, 1.82) is 0 Å². The normalized spacial score (nSPS) is 12.1. The number of aryl methyl sites for hydroxylation is 1. The number of hydrogen-bond donors (Lipinski definition) is 1. The van der Waals surface area contributed by atoms with Gasteiger partial charge in [-0.3, -0.25) is 0 Å². The SMILES string of the molecule is COc1cccc(CC(c2cnc[nH]2)c2cccc(C)c2Cl)n1. The molecule has 23 heavy (non-hydrogen) atoms. The maximum absolute atomic E-state index is 6.55. The molecule has 0 radical (unpaired) electrons. The molecule has 0 aliphatic carbocycles. The van der Waals surface area contributed by atoms with Crippen molar-refractivity contribution in [2.75, 3.05) is 7.11 Å². The Morgan fingerprint density at radius 3 is 2.78 bits per heavy atom. The molecule has 2 aromatic heterocycles. The van der Waals surface area contributed by atoms with Crippen LogP contribution in [0.2, 0.25) is 5.02 Å². The average Bonchev–Trinajstić information content (AvgIpc) is 3.10. The molecule has 1 N–H and O–H groups in total. The minimum atomic E-state index is 0.0597. The van der Waals surface area contributed by atoms with Crippen molar-refractivity contribution < 1.29 is 4.74 Å². The van der Waals surface area contributed by atoms with Gasteiger partial charge in [0.1, 0.15) is 0 Å². The summed E-state index contributed by atoms with van der Waals surface area (Å²) in [5.41, 5.74) is 4.09. The molecule has 0 amide bonds. The van der Waals surface area contributed by atoms with Gasteiger partial charge in [-0.2, -0.15) is 0 Å². The fourth-order valence-corrected chi connectivity index (χ4v) is 2.94. The molecule has 2 heterocycles. The smallest absolute Gasteiger partial charge is 0.213 e. The van der Waals surface area contributed by atoms with Crippen LogP contribution in [0.15, 0.2) is 48.9 Å². The molecule has 5 heteroatoms. The van der Waals surface area contributed by atoms with E-state index in [0.29, 0.717) is 12.3 Å². The number of imidazole rings is 1. The van der Waals surface area contributed by atoms with Gasteiger partial charge in [-0.1, -0.05) is 35.9 Å². The van der Waals surface area contributed by atoms with E-state index >= 15 is 0 Å². The van der Waals surface area contributed by atoms with Crippen LogP contribution in [0.5, 0.6) is 5.88 Å². The molecule has 0 saturated carbocycles. The fraction of sp³-hybridized carbons (Fsp3) is 0.222. The Bertz CT molecular complexity index is 787. The summed E-state index contributed by atoms with van der Waals surface area (Å²) in [5.74, 6) is 0.672. The Hall–Kier alpha value is -2.33. The lowest BCUT2D eigenvalue weighted by Gasteiger charge is -2.18. The number of pyridine rings is 1. The standard InChI is InChI=1S/C18H18ClN3O/c1-12-5-3-7-14(18(12)19)15(16-10-20-11-21-16)9-13-6-4-8-17(22-13)23-2/h3-8,10-11,15H,9H2,1-2H3,(H,20,21). The molecule has 0 aliphatic heterocycles. The number of aromatic nitrogens is 3. The van der Waals surface area contributed by atoms with Crippen LogP contribution in [-0.2, 0) is 6.42 Å². The number of nitrogens with zero attached hydrogens (tertiary/aromatic N) is 2. The summed E-state index contributed by atoms with van der Waals surface area (Å²) >= 11 is 6.55. The molecule has 4 nitrogen and oxygen atoms in total. The second-order valence-electron chi connectivity index (χ2n) is 5.41. The summed E-state index contributed by atoms with van der Waals surface area (Å²) in [4.78, 5) is 11.9. The highest BCUT2D eigenvalue weighted by molar-refractivity contribution is 6.32. The highest BCUT2D eigenvalue weighted by Crippen LogP contribution is 2.33. The van der Waals surface area contributed by atoms with E-state index in [9.17, 15) is 0 Å². The third kappa shape index (κ3) is 3.37. The van der Waals surface area contributed by atoms with Gasteiger partial charge < -0.3 is 9.72 Å². The van der Waals surface area contributed by atoms with Gasteiger partial charge in [0.2, 0.25) is 5.88 Å². The molecule has 0 fully saturated rings. The first-order valence-corrected chi connectivity index (χ1v) is 7.80. The number of nitrogens with one attached hydrogen (secondary N) is 1. The lowest BCUT2D eigenvalue weighted by atomic mass is 9.90. The second-order valence-corrected chi connectivity index (χ2v) is 5.79. The number of H-pyrrole nitrogens is 1. The third-order valence-electron chi connectivity index (χ3n) is 3.90. The first-order chi connectivity index (χ1) is 11.2. The average molecular weight is 328 g/mol. The molecule has 0 spiro atoms. The van der Waals surface area contributed by atoms with Gasteiger partial charge in [-0.25, -0.2) is 9.97 Å². The minimum absolute atomic E-state index is 0.0597. The monoisotopic (exact) mass is 327 g/mol. The van der Waals surface area contributed by atoms with Crippen LogP contribution in [0.25, 0.3) is 0 Å². The Morgan fingerprint density at radius 2 is 2.04 bits per heavy atom. The van der Waals surface area contributed by atoms with Crippen molar-refractivity contribution in [3.63, 3.8) is 0 Å². The quantitative estimate of drug-likeness (QED) is 0.766. The van der Waals surface area contributed by atoms with E-state index in [0.717, 1.165) is 27.5 Å². The number of rotatable bonds is 5. The molecule has 1 aromatic carbocycles. The van der Waals surface area contributed by atoms with Crippen molar-refractivity contribution >= 4 is 11.6 Å². The summed E-state index contributed by atoms with van der Waals surface area (Å²) in [6.07, 6.45) is 4.23. The number of methoxy groups -OCH3 is 1. The van der Waals surface area contributed by atoms with Gasteiger partial charge in [0.05, 0.1) is 13.4 Å². The summed E-state index contributed by atoms with van der Waals surface area (Å²) in [7, 11) is 1.62. The predicted molar refractivity (Wildman–Crippen MR) is 91.1 cm³/mol. The summed E-state index contributed by atoms with van der Waals surface area (Å²) in [5, 5.41) is 0.787. The van der Waals surface area contributed by atoms with E-state index in [1.807, 2.05) is 43.5 Å². The van der Waals surface area contributed by atoms with Gasteiger partial charge in [-0.05, 0) is 24.1 Å². The van der Waals surface area contributed by atoms with Crippen molar-refractivity contribution in [3.8, 4) is 5.88 Å². The van der Waals surface area contributed by atoms with Crippen molar-refractivity contribution in [2.45, 2.75) is 19.3 Å². The summed E-state index contributed by atoms with van der Waals surface area (Å²) < 4.78 is 5.22. The molecular weight excluding hydrogens is 310 g/mol. The fourth-order valence-electron chi connectivity index (χ4n) is 2.68. The van der Waals surface area contributed by atoms with Gasteiger partial charge in [-0.15, -0.1) is 0 Å². The number of ether oxygens (including phenoxy) is 1. The van der Waals surface area contributed by atoms with Gasteiger partial charge in [0.25, 0.3) is 0 Å². The zero-order valence-electron chi connectivity index (χ0n) is 13.1. The first-order valence-electron chi connectivity index (χ1n) is 7.42. The van der Waals surface area contributed by atoms with E-state index in [1.54, 1.807) is 13.4 Å². The number of hydrogen-bond acceptors (Lipinski definition) is 3. The highest BCUT2D eigenvalue weighted by Gasteiger charge is 2.20. The number of halogens is 1. The van der Waals surface area contributed by atoms with Gasteiger partial charge in [0.15, 0.2) is 0 Å². The Morgan fingerprint density at radius 1 is 1.22 bits per heavy atom. The van der Waals surface area contributed by atoms with Crippen LogP contribution in [0.1, 0.15) is 28.4 Å². The van der Waals surface area contributed by atoms with E-state index in [2.05, 4.69) is 21.0 Å². The molecule has 0 aliphatic rings. The molecule has 3 aromatic rings. The molecule has 118 valence electrons. The van der Waals surface area contributed by atoms with Crippen LogP contribution in [0.4, 0.5) is 0 Å². The van der Waals surface area contributed by atoms with Gasteiger partial charge in [0, 0.05) is 41.0 Å². The van der Waals surface area contributed by atoms with E-state index < -0.39 is 0 Å². The molecule has 0 saturated heterocycles. The first kappa shape index (κ1) is 15.6. The zero-order chi connectivity index (χ0) is 16.2. The molecule has 1 atom stereocenters. The maximum Gasteiger partial charge on any atom is 0.213 e. The second kappa shape index (κ2) is 6.84. The largest absolute Gasteiger partial charge is 0.481 e. The third-order valence-corrected chi connectivity index (χ3v) is 4.41. The van der Waals surface area contributed by atoms with E-state index in [4.69, 9.17) is 16.3 Å². The van der Waals surface area contributed by atoms with Crippen LogP contribution in [-0.4, -0.2) is 22.1 Å². The molecule has 1 unspecified atom stereocenters. The van der Waals surface area contributed by atoms with Crippen LogP contribution < -0.4 is 4.74 Å².